The highest BCUT2D eigenvalue weighted by molar-refractivity contribution is 5.88. The van der Waals surface area contributed by atoms with Crippen molar-refractivity contribution in [3.05, 3.63) is 29.8 Å². The molecule has 15 heavy (non-hydrogen) atoms. The fourth-order valence-corrected chi connectivity index (χ4v) is 1.05. The quantitative estimate of drug-likeness (QED) is 0.463. The Bertz CT molecular complexity index is 385. The van der Waals surface area contributed by atoms with E-state index >= 15 is 0 Å². The number of benzene rings is 1. The third-order valence-electron chi connectivity index (χ3n) is 1.89. The number of hydrogen-bond acceptors (Lipinski definition) is 4. The first kappa shape index (κ1) is 11.1. The highest BCUT2D eigenvalue weighted by atomic mass is 16.5. The minimum Gasteiger partial charge on any atom is -0.497 e. The molecule has 0 aliphatic rings. The molecule has 1 aromatic rings. The van der Waals surface area contributed by atoms with Crippen LogP contribution in [-0.2, 0) is 9.53 Å². The number of nitrogens with two attached hydrogens (primary N) is 1. The molecule has 0 saturated carbocycles. The van der Waals surface area contributed by atoms with E-state index in [4.69, 9.17) is 10.5 Å². The van der Waals surface area contributed by atoms with E-state index in [0.29, 0.717) is 11.4 Å². The zero-order chi connectivity index (χ0) is 11.3. The Balaban J connectivity index is 2.93. The average molecular weight is 207 g/mol. The van der Waals surface area contributed by atoms with Crippen molar-refractivity contribution < 1.29 is 14.3 Å². The summed E-state index contributed by atoms with van der Waals surface area (Å²) in [6.07, 6.45) is 2.90. The van der Waals surface area contributed by atoms with Gasteiger partial charge in [-0.3, -0.25) is 0 Å². The van der Waals surface area contributed by atoms with Gasteiger partial charge in [-0.15, -0.1) is 0 Å². The van der Waals surface area contributed by atoms with Crippen molar-refractivity contribution in [2.45, 2.75) is 0 Å². The Hall–Kier alpha value is -1.97. The highest BCUT2D eigenvalue weighted by Gasteiger charge is 1.99. The molecule has 1 aromatic carbocycles. The summed E-state index contributed by atoms with van der Waals surface area (Å²) in [5, 5.41) is 0. The lowest BCUT2D eigenvalue weighted by atomic mass is 10.1. The molecular weight excluding hydrogens is 194 g/mol. The summed E-state index contributed by atoms with van der Waals surface area (Å²) in [5.41, 5.74) is 7.01. The maximum absolute atomic E-state index is 10.9. The molecule has 0 unspecified atom stereocenters. The Morgan fingerprint density at radius 2 is 2.13 bits per heavy atom. The molecule has 0 saturated heterocycles. The van der Waals surface area contributed by atoms with E-state index in [1.54, 1.807) is 31.4 Å². The van der Waals surface area contributed by atoms with Gasteiger partial charge in [-0.2, -0.15) is 0 Å². The number of hydrogen-bond donors (Lipinski definition) is 1. The molecule has 0 amide bonds. The van der Waals surface area contributed by atoms with Crippen molar-refractivity contribution in [3.8, 4) is 5.75 Å². The fraction of sp³-hybridized carbons (Fsp3) is 0.182. The Morgan fingerprint density at radius 1 is 1.40 bits per heavy atom. The van der Waals surface area contributed by atoms with Gasteiger partial charge in [0.15, 0.2) is 0 Å². The van der Waals surface area contributed by atoms with Gasteiger partial charge in [0.05, 0.1) is 14.2 Å². The number of nitrogen functional groups attached to an aromatic ring is 1. The minimum absolute atomic E-state index is 0.419. The molecule has 80 valence electrons. The number of ether oxygens (including phenoxy) is 2. The van der Waals surface area contributed by atoms with Gasteiger partial charge in [0.2, 0.25) is 0 Å². The monoisotopic (exact) mass is 207 g/mol. The van der Waals surface area contributed by atoms with Crippen LogP contribution < -0.4 is 10.5 Å². The van der Waals surface area contributed by atoms with Crippen LogP contribution >= 0.6 is 0 Å². The van der Waals surface area contributed by atoms with E-state index in [1.165, 1.54) is 13.2 Å². The van der Waals surface area contributed by atoms with Crippen molar-refractivity contribution in [2.75, 3.05) is 20.0 Å². The first-order valence-electron chi connectivity index (χ1n) is 4.37. The lowest BCUT2D eigenvalue weighted by molar-refractivity contribution is -0.134. The molecule has 0 atom stereocenters. The number of methoxy groups -OCH3 is 2. The second-order valence-corrected chi connectivity index (χ2v) is 2.85. The normalized spacial score (nSPS) is 10.3. The molecular formula is C11H13NO3. The number of esters is 1. The Morgan fingerprint density at radius 3 is 2.73 bits per heavy atom. The molecule has 0 spiro atoms. The van der Waals surface area contributed by atoms with Gasteiger partial charge in [-0.25, -0.2) is 4.79 Å². The minimum atomic E-state index is -0.419. The van der Waals surface area contributed by atoms with Gasteiger partial charge >= 0.3 is 5.97 Å². The summed E-state index contributed by atoms with van der Waals surface area (Å²) in [6, 6.07) is 5.22. The van der Waals surface area contributed by atoms with Gasteiger partial charge in [-0.05, 0) is 24.3 Å². The van der Waals surface area contributed by atoms with Crippen molar-refractivity contribution >= 4 is 17.7 Å². The molecule has 0 bridgehead atoms. The van der Waals surface area contributed by atoms with Crippen LogP contribution in [0, 0.1) is 0 Å². The van der Waals surface area contributed by atoms with Crippen LogP contribution in [0.2, 0.25) is 0 Å². The summed E-state index contributed by atoms with van der Waals surface area (Å²) < 4.78 is 9.51. The Labute approximate surface area is 88.3 Å². The zero-order valence-corrected chi connectivity index (χ0v) is 8.69. The van der Waals surface area contributed by atoms with Crippen molar-refractivity contribution in [3.63, 3.8) is 0 Å². The molecule has 2 N–H and O–H groups in total. The van der Waals surface area contributed by atoms with Gasteiger partial charge in [0.1, 0.15) is 5.75 Å². The predicted octanol–water partition coefficient (Wildman–Crippen LogP) is 1.46. The van der Waals surface area contributed by atoms with Crippen molar-refractivity contribution in [2.24, 2.45) is 0 Å². The molecule has 0 fully saturated rings. The molecule has 0 aliphatic carbocycles. The van der Waals surface area contributed by atoms with Crippen LogP contribution in [0.4, 0.5) is 5.69 Å². The molecule has 0 aromatic heterocycles. The second kappa shape index (κ2) is 5.05. The molecule has 0 radical (unpaired) electrons. The maximum Gasteiger partial charge on any atom is 0.330 e. The molecule has 1 rings (SSSR count). The third kappa shape index (κ3) is 3.02. The van der Waals surface area contributed by atoms with Crippen LogP contribution in [0.1, 0.15) is 5.56 Å². The summed E-state index contributed by atoms with van der Waals surface area (Å²) >= 11 is 0. The second-order valence-electron chi connectivity index (χ2n) is 2.85. The number of anilines is 1. The fourth-order valence-electron chi connectivity index (χ4n) is 1.05. The van der Waals surface area contributed by atoms with Crippen molar-refractivity contribution in [1.29, 1.82) is 0 Å². The molecule has 4 nitrogen and oxygen atoms in total. The van der Waals surface area contributed by atoms with E-state index < -0.39 is 5.97 Å². The Kier molecular flexibility index (Phi) is 3.74. The van der Waals surface area contributed by atoms with Crippen LogP contribution in [0.3, 0.4) is 0 Å². The average Bonchev–Trinajstić information content (AvgIpc) is 2.27. The van der Waals surface area contributed by atoms with Gasteiger partial charge in [-0.1, -0.05) is 0 Å². The summed E-state index contributed by atoms with van der Waals surface area (Å²) in [5.74, 6) is 0.269. The number of carbonyl (C=O) groups is 1. The first-order chi connectivity index (χ1) is 7.17. The molecule has 0 heterocycles. The summed E-state index contributed by atoms with van der Waals surface area (Å²) in [6.45, 7) is 0. The van der Waals surface area contributed by atoms with E-state index in [1.807, 2.05) is 0 Å². The lowest BCUT2D eigenvalue weighted by Gasteiger charge is -2.03. The SMILES string of the molecule is COC(=O)/C=C/c1cc(OC)ccc1N. The standard InChI is InChI=1S/C11H13NO3/c1-14-9-4-5-10(12)8(7-9)3-6-11(13)15-2/h3-7H,12H2,1-2H3/b6-3+. The first-order valence-corrected chi connectivity index (χ1v) is 4.37. The molecule has 0 aliphatic heterocycles. The van der Waals surface area contributed by atoms with Gasteiger partial charge in [0.25, 0.3) is 0 Å². The summed E-state index contributed by atoms with van der Waals surface area (Å²) in [4.78, 5) is 10.9. The highest BCUT2D eigenvalue weighted by Crippen LogP contribution is 2.20. The van der Waals surface area contributed by atoms with Gasteiger partial charge < -0.3 is 15.2 Å². The lowest BCUT2D eigenvalue weighted by Crippen LogP contribution is -1.95. The van der Waals surface area contributed by atoms with Crippen molar-refractivity contribution in [1.82, 2.24) is 0 Å². The summed E-state index contributed by atoms with van der Waals surface area (Å²) in [7, 11) is 2.89. The smallest absolute Gasteiger partial charge is 0.330 e. The number of carbonyl (C=O) groups excluding carboxylic acids is 1. The van der Waals surface area contributed by atoms with E-state index in [2.05, 4.69) is 4.74 Å². The van der Waals surface area contributed by atoms with Crippen LogP contribution in [0.5, 0.6) is 5.75 Å². The van der Waals surface area contributed by atoms with Crippen LogP contribution in [0.25, 0.3) is 6.08 Å². The van der Waals surface area contributed by atoms with E-state index in [0.717, 1.165) is 5.56 Å². The van der Waals surface area contributed by atoms with Gasteiger partial charge in [0, 0.05) is 17.3 Å². The topological polar surface area (TPSA) is 61.5 Å². The number of rotatable bonds is 3. The van der Waals surface area contributed by atoms with E-state index in [9.17, 15) is 4.79 Å². The zero-order valence-electron chi connectivity index (χ0n) is 8.69. The third-order valence-corrected chi connectivity index (χ3v) is 1.89. The van der Waals surface area contributed by atoms with Crippen LogP contribution in [0.15, 0.2) is 24.3 Å². The van der Waals surface area contributed by atoms with E-state index in [-0.39, 0.29) is 0 Å². The maximum atomic E-state index is 10.9. The molecule has 4 heteroatoms. The predicted molar refractivity (Wildman–Crippen MR) is 58.5 cm³/mol. The van der Waals surface area contributed by atoms with Crippen LogP contribution in [-0.4, -0.2) is 20.2 Å². The largest absolute Gasteiger partial charge is 0.497 e.